The van der Waals surface area contributed by atoms with E-state index >= 15 is 0 Å². The molecule has 0 atom stereocenters. The Kier molecular flexibility index (Phi) is 5.68. The molecule has 0 bridgehead atoms. The van der Waals surface area contributed by atoms with Crippen LogP contribution in [0.2, 0.25) is 0 Å². The van der Waals surface area contributed by atoms with E-state index < -0.39 is 0 Å². The molecule has 0 radical (unpaired) electrons. The van der Waals surface area contributed by atoms with E-state index in [4.69, 9.17) is 28.8 Å². The van der Waals surface area contributed by atoms with Crippen LogP contribution < -0.4 is 0 Å². The molecule has 4 heterocycles. The van der Waals surface area contributed by atoms with Gasteiger partial charge in [-0.05, 0) is 110 Å². The maximum absolute atomic E-state index is 6.42. The second-order valence-corrected chi connectivity index (χ2v) is 15.4. The number of fused-ring (bicyclic) bond motifs is 20. The van der Waals surface area contributed by atoms with Gasteiger partial charge in [-0.1, -0.05) is 72.8 Å². The summed E-state index contributed by atoms with van der Waals surface area (Å²) in [4.78, 5) is 20.4. The molecular weight excluding hydrogens is 713 g/mol. The van der Waals surface area contributed by atoms with Crippen molar-refractivity contribution in [2.75, 3.05) is 0 Å². The molecule has 0 aliphatic heterocycles. The van der Waals surface area contributed by atoms with Crippen molar-refractivity contribution in [3.63, 3.8) is 0 Å². The number of nitrogens with zero attached hydrogens (tertiary/aromatic N) is 4. The van der Waals surface area contributed by atoms with Crippen LogP contribution in [0.3, 0.4) is 0 Å². The van der Waals surface area contributed by atoms with E-state index in [1.165, 1.54) is 10.8 Å². The summed E-state index contributed by atoms with van der Waals surface area (Å²) in [7, 11) is 0. The molecule has 10 aromatic carbocycles. The van der Waals surface area contributed by atoms with E-state index in [2.05, 4.69) is 115 Å². The van der Waals surface area contributed by atoms with Gasteiger partial charge in [0.15, 0.2) is 0 Å². The standard InChI is InChI=1S/C52H26N4O2/c1-2-8-28-19-41-34(18-27(28)7-1)36-22-38-32-9-3-5-11-45(32)58-48(38)25-43(36)52-51(41)55-26-44(56-52)30-14-13-29-20-40-35(21-31(29)17-30)37-24-47-39(33-10-4-6-12-46(33)57-47)23-42(37)50-49(40)53-15-16-54-50/h1-26H. The largest absolute Gasteiger partial charge is 0.456 e. The molecule has 6 nitrogen and oxygen atoms in total. The zero-order valence-electron chi connectivity index (χ0n) is 30.6. The molecule has 0 spiro atoms. The molecule has 14 aromatic rings. The second kappa shape index (κ2) is 10.9. The Morgan fingerprint density at radius 2 is 0.793 bits per heavy atom. The Hall–Kier alpha value is -7.96. The molecule has 0 fully saturated rings. The van der Waals surface area contributed by atoms with Gasteiger partial charge in [0, 0.05) is 61.0 Å². The molecule has 4 aromatic heterocycles. The van der Waals surface area contributed by atoms with E-state index in [0.29, 0.717) is 0 Å². The maximum Gasteiger partial charge on any atom is 0.136 e. The normalized spacial score (nSPS) is 12.5. The minimum absolute atomic E-state index is 0.804. The number of benzene rings is 10. The molecule has 0 saturated carbocycles. The minimum Gasteiger partial charge on any atom is -0.456 e. The summed E-state index contributed by atoms with van der Waals surface area (Å²) in [6, 6.07) is 49.4. The monoisotopic (exact) mass is 738 g/mol. The third-order valence-electron chi connectivity index (χ3n) is 12.3. The topological polar surface area (TPSA) is 77.8 Å². The smallest absolute Gasteiger partial charge is 0.136 e. The average Bonchev–Trinajstić information content (AvgIpc) is 3.84. The number of rotatable bonds is 1. The summed E-state index contributed by atoms with van der Waals surface area (Å²) in [5.41, 5.74) is 8.71. The highest BCUT2D eigenvalue weighted by molar-refractivity contribution is 6.30. The van der Waals surface area contributed by atoms with Crippen LogP contribution in [0.1, 0.15) is 0 Å². The van der Waals surface area contributed by atoms with Crippen molar-refractivity contribution in [2.24, 2.45) is 0 Å². The van der Waals surface area contributed by atoms with Crippen molar-refractivity contribution in [1.82, 2.24) is 19.9 Å². The van der Waals surface area contributed by atoms with Gasteiger partial charge in [0.1, 0.15) is 22.3 Å². The van der Waals surface area contributed by atoms with Crippen LogP contribution in [0.15, 0.2) is 167 Å². The van der Waals surface area contributed by atoms with Crippen LogP contribution in [0, 0.1) is 0 Å². The van der Waals surface area contributed by atoms with Crippen molar-refractivity contribution in [2.45, 2.75) is 0 Å². The number of hydrogen-bond acceptors (Lipinski definition) is 6. The number of aromatic nitrogens is 4. The fraction of sp³-hybridized carbons (Fsp3) is 0. The molecule has 0 saturated heterocycles. The third-order valence-corrected chi connectivity index (χ3v) is 12.3. The van der Waals surface area contributed by atoms with Gasteiger partial charge in [0.25, 0.3) is 0 Å². The van der Waals surface area contributed by atoms with Crippen molar-refractivity contribution < 1.29 is 8.83 Å². The minimum atomic E-state index is 0.804. The van der Waals surface area contributed by atoms with Gasteiger partial charge in [-0.3, -0.25) is 15.0 Å². The van der Waals surface area contributed by atoms with Gasteiger partial charge in [-0.2, -0.15) is 0 Å². The lowest BCUT2D eigenvalue weighted by atomic mass is 9.94. The van der Waals surface area contributed by atoms with Gasteiger partial charge < -0.3 is 8.83 Å². The van der Waals surface area contributed by atoms with Crippen LogP contribution >= 0.6 is 0 Å². The van der Waals surface area contributed by atoms with Gasteiger partial charge in [0.2, 0.25) is 0 Å². The predicted octanol–water partition coefficient (Wildman–Crippen LogP) is 14.0. The van der Waals surface area contributed by atoms with Crippen LogP contribution in [0.5, 0.6) is 0 Å². The summed E-state index contributed by atoms with van der Waals surface area (Å²) in [5.74, 6) is 0. The quantitative estimate of drug-likeness (QED) is 0.123. The Balaban J connectivity index is 1.03. The highest BCUT2D eigenvalue weighted by Gasteiger charge is 2.19. The summed E-state index contributed by atoms with van der Waals surface area (Å²) >= 11 is 0. The molecule has 0 amide bonds. The Labute approximate surface area is 327 Å². The molecule has 266 valence electrons. The van der Waals surface area contributed by atoms with Crippen molar-refractivity contribution in [3.05, 3.63) is 158 Å². The molecule has 0 aliphatic carbocycles. The fourth-order valence-corrected chi connectivity index (χ4v) is 9.56. The lowest BCUT2D eigenvalue weighted by Crippen LogP contribution is -1.93. The first kappa shape index (κ1) is 30.3. The van der Waals surface area contributed by atoms with Crippen molar-refractivity contribution >= 4 is 131 Å². The maximum atomic E-state index is 6.42. The number of hydrogen-bond donors (Lipinski definition) is 0. The highest BCUT2D eigenvalue weighted by atomic mass is 16.3. The van der Waals surface area contributed by atoms with Gasteiger partial charge in [-0.15, -0.1) is 0 Å². The van der Waals surface area contributed by atoms with Crippen LogP contribution in [-0.2, 0) is 0 Å². The number of para-hydroxylation sites is 2. The predicted molar refractivity (Wildman–Crippen MR) is 238 cm³/mol. The fourth-order valence-electron chi connectivity index (χ4n) is 9.56. The lowest BCUT2D eigenvalue weighted by molar-refractivity contribution is 0.669. The Bertz CT molecular complexity index is 4160. The first-order valence-electron chi connectivity index (χ1n) is 19.4. The summed E-state index contributed by atoms with van der Waals surface area (Å²) in [5, 5.41) is 17.6. The highest BCUT2D eigenvalue weighted by Crippen LogP contribution is 2.43. The first-order valence-corrected chi connectivity index (χ1v) is 19.4. The average molecular weight is 739 g/mol. The molecule has 58 heavy (non-hydrogen) atoms. The third kappa shape index (κ3) is 4.05. The number of furan rings is 2. The molecule has 6 heteroatoms. The van der Waals surface area contributed by atoms with E-state index in [9.17, 15) is 0 Å². The molecular formula is C52H26N4O2. The molecule has 0 aliphatic rings. The van der Waals surface area contributed by atoms with Crippen LogP contribution in [-0.4, -0.2) is 19.9 Å². The van der Waals surface area contributed by atoms with E-state index in [1.807, 2.05) is 30.5 Å². The van der Waals surface area contributed by atoms with E-state index in [-0.39, 0.29) is 0 Å². The molecule has 0 unspecified atom stereocenters. The van der Waals surface area contributed by atoms with Gasteiger partial charge in [0.05, 0.1) is 34.0 Å². The SMILES string of the molecule is c1ccc2cc3c(cc2c1)c1cc2c(cc1c1nc(-c4ccc5cc6c(cc5c4)c4cc5oc7ccccc7c5cc4c4nccnc64)cnc31)oc1ccccc12. The summed E-state index contributed by atoms with van der Waals surface area (Å²) < 4.78 is 12.8. The van der Waals surface area contributed by atoms with E-state index in [0.717, 1.165) is 131 Å². The Morgan fingerprint density at radius 1 is 0.310 bits per heavy atom. The zero-order valence-corrected chi connectivity index (χ0v) is 30.6. The van der Waals surface area contributed by atoms with Crippen molar-refractivity contribution in [1.29, 1.82) is 0 Å². The van der Waals surface area contributed by atoms with Gasteiger partial charge >= 0.3 is 0 Å². The van der Waals surface area contributed by atoms with Gasteiger partial charge in [-0.25, -0.2) is 4.98 Å². The van der Waals surface area contributed by atoms with E-state index in [1.54, 1.807) is 12.4 Å². The van der Waals surface area contributed by atoms with Crippen molar-refractivity contribution in [3.8, 4) is 11.3 Å². The summed E-state index contributed by atoms with van der Waals surface area (Å²) in [6.45, 7) is 0. The molecule has 0 N–H and O–H groups in total. The van der Waals surface area contributed by atoms with Crippen LogP contribution in [0.4, 0.5) is 0 Å². The zero-order chi connectivity index (χ0) is 37.6. The summed E-state index contributed by atoms with van der Waals surface area (Å²) in [6.07, 6.45) is 5.47. The lowest BCUT2D eigenvalue weighted by Gasteiger charge is -2.13. The first-order chi connectivity index (χ1) is 28.7. The second-order valence-electron chi connectivity index (χ2n) is 15.4. The Morgan fingerprint density at radius 3 is 1.48 bits per heavy atom. The van der Waals surface area contributed by atoms with Crippen LogP contribution in [0.25, 0.3) is 142 Å². The molecule has 14 rings (SSSR count).